The largest absolute Gasteiger partial charge is 0.465 e. The molecule has 0 N–H and O–H groups in total. The van der Waals surface area contributed by atoms with E-state index in [-0.39, 0.29) is 11.6 Å². The first-order chi connectivity index (χ1) is 15.5. The number of hydrogen-bond acceptors (Lipinski definition) is 7. The molecule has 0 fully saturated rings. The molecule has 6 nitrogen and oxygen atoms in total. The number of carbonyl (C=O) groups is 1. The van der Waals surface area contributed by atoms with E-state index in [9.17, 15) is 10.1 Å². The van der Waals surface area contributed by atoms with Crippen LogP contribution in [0.15, 0.2) is 82.0 Å². The number of nitrogens with zero attached hydrogens (tertiary/aromatic N) is 3. The quantitative estimate of drug-likeness (QED) is 0.345. The highest BCUT2D eigenvalue weighted by atomic mass is 32.2. The highest BCUT2D eigenvalue weighted by molar-refractivity contribution is 7.82. The van der Waals surface area contributed by atoms with E-state index in [1.807, 2.05) is 50.3 Å². The molecule has 32 heavy (non-hydrogen) atoms. The predicted octanol–water partition coefficient (Wildman–Crippen LogP) is 5.78. The van der Waals surface area contributed by atoms with Crippen LogP contribution in [0.3, 0.4) is 0 Å². The van der Waals surface area contributed by atoms with E-state index in [4.69, 9.17) is 9.47 Å². The van der Waals surface area contributed by atoms with Gasteiger partial charge in [-0.3, -0.25) is 4.79 Å². The lowest BCUT2D eigenvalue weighted by Gasteiger charge is -2.27. The van der Waals surface area contributed by atoms with E-state index in [0.29, 0.717) is 21.5 Å². The molecule has 2 heterocycles. The van der Waals surface area contributed by atoms with Gasteiger partial charge in [0.2, 0.25) is 0 Å². The molecule has 162 valence electrons. The Hall–Kier alpha value is -3.28. The molecule has 0 spiro atoms. The van der Waals surface area contributed by atoms with Crippen LogP contribution in [-0.4, -0.2) is 16.9 Å². The number of thiazole rings is 1. The molecule has 0 saturated heterocycles. The average molecular weight is 464 g/mol. The molecule has 0 bridgehead atoms. The Bertz CT molecular complexity index is 1260. The molecule has 0 atom stereocenters. The van der Waals surface area contributed by atoms with E-state index in [2.05, 4.69) is 23.7 Å². The van der Waals surface area contributed by atoms with Gasteiger partial charge in [-0.2, -0.15) is 5.26 Å². The fraction of sp³-hybridized carbons (Fsp3) is 0.208. The summed E-state index contributed by atoms with van der Waals surface area (Å²) in [6, 6.07) is 7.41. The van der Waals surface area contributed by atoms with Crippen LogP contribution in [-0.2, 0) is 14.3 Å². The van der Waals surface area contributed by atoms with Gasteiger partial charge in [0.05, 0.1) is 10.2 Å². The minimum absolute atomic E-state index is 0.0494. The molecule has 0 radical (unpaired) electrons. The standard InChI is InChI=1S/C24H21N3O3S2/c1-15(2)27(18-8-9-20-22(11-18)32-24(31)26-20)23(28)17(12-25)10-19-13-29-14-21(30-19)16-6-4-3-5-7-16/h3-4,6,8-11,13-15H,5,7H2,1-2H3,(H,26,31). The first kappa shape index (κ1) is 21.9. The predicted molar refractivity (Wildman–Crippen MR) is 128 cm³/mol. The number of ether oxygens (including phenoxy) is 2. The number of thiol groups is 1. The molecular formula is C24H21N3O3S2. The van der Waals surface area contributed by atoms with E-state index >= 15 is 0 Å². The Labute approximate surface area is 195 Å². The summed E-state index contributed by atoms with van der Waals surface area (Å²) in [7, 11) is 0. The van der Waals surface area contributed by atoms with Crippen molar-refractivity contribution in [2.24, 2.45) is 0 Å². The molecular weight excluding hydrogens is 442 g/mol. The third-order valence-electron chi connectivity index (χ3n) is 4.93. The molecule has 4 rings (SSSR count). The highest BCUT2D eigenvalue weighted by Gasteiger charge is 2.25. The van der Waals surface area contributed by atoms with Crippen LogP contribution in [0.5, 0.6) is 0 Å². The van der Waals surface area contributed by atoms with Crippen molar-refractivity contribution in [1.29, 1.82) is 5.26 Å². The van der Waals surface area contributed by atoms with Gasteiger partial charge in [-0.15, -0.1) is 24.0 Å². The fourth-order valence-electron chi connectivity index (χ4n) is 3.47. The van der Waals surface area contributed by atoms with Crippen molar-refractivity contribution in [3.05, 3.63) is 77.7 Å². The van der Waals surface area contributed by atoms with Gasteiger partial charge in [-0.05, 0) is 50.5 Å². The third kappa shape index (κ3) is 4.64. The van der Waals surface area contributed by atoms with E-state index in [0.717, 1.165) is 28.6 Å². The van der Waals surface area contributed by atoms with Crippen LogP contribution >= 0.6 is 24.0 Å². The Balaban J connectivity index is 1.60. The van der Waals surface area contributed by atoms with E-state index in [1.54, 1.807) is 4.90 Å². The first-order valence-corrected chi connectivity index (χ1v) is 11.4. The van der Waals surface area contributed by atoms with Gasteiger partial charge < -0.3 is 14.4 Å². The molecule has 1 amide bonds. The van der Waals surface area contributed by atoms with Crippen molar-refractivity contribution >= 4 is 45.8 Å². The summed E-state index contributed by atoms with van der Waals surface area (Å²) in [5.41, 5.74) is 2.46. The minimum Gasteiger partial charge on any atom is -0.465 e. The lowest BCUT2D eigenvalue weighted by Crippen LogP contribution is -2.37. The summed E-state index contributed by atoms with van der Waals surface area (Å²) in [5, 5.41) is 9.75. The van der Waals surface area contributed by atoms with Crippen molar-refractivity contribution in [2.75, 3.05) is 4.90 Å². The minimum atomic E-state index is -0.419. The van der Waals surface area contributed by atoms with Crippen LogP contribution in [0.2, 0.25) is 0 Å². The number of amides is 1. The molecule has 1 aliphatic carbocycles. The number of anilines is 1. The van der Waals surface area contributed by atoms with Gasteiger partial charge in [-0.25, -0.2) is 4.98 Å². The Morgan fingerprint density at radius 2 is 2.22 bits per heavy atom. The SMILES string of the molecule is CC(C)N(C(=O)C(C#N)=CC1=COC=C(C2=CC=CCC2)O1)c1ccc2nc(S)sc2c1. The van der Waals surface area contributed by atoms with E-state index < -0.39 is 5.91 Å². The summed E-state index contributed by atoms with van der Waals surface area (Å²) in [6.07, 6.45) is 12.1. The zero-order valence-electron chi connectivity index (χ0n) is 17.6. The Morgan fingerprint density at radius 3 is 2.94 bits per heavy atom. The zero-order valence-corrected chi connectivity index (χ0v) is 19.3. The number of allylic oxidation sites excluding steroid dienone is 5. The van der Waals surface area contributed by atoms with Crippen LogP contribution in [0.25, 0.3) is 10.2 Å². The molecule has 1 aliphatic heterocycles. The molecule has 0 unspecified atom stereocenters. The molecule has 8 heteroatoms. The summed E-state index contributed by atoms with van der Waals surface area (Å²) in [6.45, 7) is 3.80. The second kappa shape index (κ2) is 9.47. The van der Waals surface area contributed by atoms with Gasteiger partial charge in [0.25, 0.3) is 5.91 Å². The number of aromatic nitrogens is 1. The van der Waals surface area contributed by atoms with Gasteiger partial charge in [-0.1, -0.05) is 18.2 Å². The van der Waals surface area contributed by atoms with Crippen molar-refractivity contribution in [2.45, 2.75) is 37.1 Å². The fourth-order valence-corrected chi connectivity index (χ4v) is 4.61. The number of carbonyl (C=O) groups excluding carboxylic acids is 1. The number of benzene rings is 1. The first-order valence-electron chi connectivity index (χ1n) is 10.1. The third-order valence-corrected chi connectivity index (χ3v) is 6.12. The normalized spacial score (nSPS) is 16.0. The maximum atomic E-state index is 13.4. The topological polar surface area (TPSA) is 75.5 Å². The number of hydrogen-bond donors (Lipinski definition) is 1. The van der Waals surface area contributed by atoms with Crippen molar-refractivity contribution in [3.8, 4) is 6.07 Å². The smallest absolute Gasteiger partial charge is 0.269 e. The second-order valence-corrected chi connectivity index (χ2v) is 9.24. The molecule has 0 saturated carbocycles. The molecule has 2 aliphatic rings. The Morgan fingerprint density at radius 1 is 1.38 bits per heavy atom. The summed E-state index contributed by atoms with van der Waals surface area (Å²) < 4.78 is 12.9. The second-order valence-electron chi connectivity index (χ2n) is 7.49. The summed E-state index contributed by atoms with van der Waals surface area (Å²) in [4.78, 5) is 19.3. The lowest BCUT2D eigenvalue weighted by atomic mass is 10.0. The van der Waals surface area contributed by atoms with Crippen molar-refractivity contribution < 1.29 is 14.3 Å². The molecule has 2 aromatic rings. The van der Waals surface area contributed by atoms with Crippen LogP contribution in [0.1, 0.15) is 26.7 Å². The van der Waals surface area contributed by atoms with Crippen LogP contribution in [0, 0.1) is 11.3 Å². The van der Waals surface area contributed by atoms with Gasteiger partial charge >= 0.3 is 0 Å². The highest BCUT2D eigenvalue weighted by Crippen LogP contribution is 2.31. The van der Waals surface area contributed by atoms with Crippen molar-refractivity contribution in [1.82, 2.24) is 4.98 Å². The zero-order chi connectivity index (χ0) is 22.7. The van der Waals surface area contributed by atoms with Crippen molar-refractivity contribution in [3.63, 3.8) is 0 Å². The average Bonchev–Trinajstić information content (AvgIpc) is 3.17. The Kier molecular flexibility index (Phi) is 6.49. The monoisotopic (exact) mass is 463 g/mol. The summed E-state index contributed by atoms with van der Waals surface area (Å²) in [5.74, 6) is 0.453. The maximum Gasteiger partial charge on any atom is 0.269 e. The number of fused-ring (bicyclic) bond motifs is 1. The maximum absolute atomic E-state index is 13.4. The van der Waals surface area contributed by atoms with Gasteiger partial charge in [0, 0.05) is 17.8 Å². The lowest BCUT2D eigenvalue weighted by molar-refractivity contribution is -0.115. The number of nitriles is 1. The molecule has 1 aromatic heterocycles. The molecule has 1 aromatic carbocycles. The van der Waals surface area contributed by atoms with Crippen LogP contribution < -0.4 is 4.90 Å². The summed E-state index contributed by atoms with van der Waals surface area (Å²) >= 11 is 5.74. The number of rotatable bonds is 5. The van der Waals surface area contributed by atoms with Gasteiger partial charge in [0.1, 0.15) is 28.5 Å². The van der Waals surface area contributed by atoms with Gasteiger partial charge in [0.15, 0.2) is 11.5 Å². The van der Waals surface area contributed by atoms with Crippen LogP contribution in [0.4, 0.5) is 5.69 Å². The van der Waals surface area contributed by atoms with E-state index in [1.165, 1.54) is 29.9 Å².